The van der Waals surface area contributed by atoms with Crippen LogP contribution in [0.25, 0.3) is 0 Å². The largest absolute Gasteiger partial charge is 0.411 e. The van der Waals surface area contributed by atoms with Crippen LogP contribution < -0.4 is 11.0 Å². The topological polar surface area (TPSA) is 159 Å². The van der Waals surface area contributed by atoms with E-state index in [-0.39, 0.29) is 54.4 Å². The molecule has 1 amide bonds. The van der Waals surface area contributed by atoms with Gasteiger partial charge in [0.1, 0.15) is 6.04 Å². The lowest BCUT2D eigenvalue weighted by Crippen LogP contribution is -2.53. The minimum absolute atomic E-state index is 0.0194. The first-order valence-electron chi connectivity index (χ1n) is 17.8. The fraction of sp³-hybridized carbons (Fsp3) is 0.436. The molecule has 52 heavy (non-hydrogen) atoms. The van der Waals surface area contributed by atoms with E-state index in [1.54, 1.807) is 12.4 Å². The van der Waals surface area contributed by atoms with Crippen LogP contribution in [0.2, 0.25) is 0 Å². The quantitative estimate of drug-likeness (QED) is 0.0734. The van der Waals surface area contributed by atoms with Gasteiger partial charge in [0.2, 0.25) is 15.9 Å². The van der Waals surface area contributed by atoms with Gasteiger partial charge >= 0.3 is 5.69 Å². The summed E-state index contributed by atoms with van der Waals surface area (Å²) >= 11 is 0. The van der Waals surface area contributed by atoms with Crippen molar-refractivity contribution < 1.29 is 23.5 Å². The second-order valence-electron chi connectivity index (χ2n) is 14.1. The number of carbonyl (C=O) groups is 1. The number of imidazole rings is 1. The maximum atomic E-state index is 14.3. The number of aliphatic hydroxyl groups excluding tert-OH is 1. The molecule has 0 radical (unpaired) electrons. The summed E-state index contributed by atoms with van der Waals surface area (Å²) in [6, 6.07) is 19.2. The fourth-order valence-electron chi connectivity index (χ4n) is 6.10. The molecule has 3 N–H and O–H groups in total. The van der Waals surface area contributed by atoms with Crippen LogP contribution in [-0.2, 0) is 27.8 Å². The van der Waals surface area contributed by atoms with Gasteiger partial charge in [-0.25, -0.2) is 13.2 Å². The SMILES string of the molecule is CC[C@H](C)[C@@H](C(=O)N[C@@H](Cc1ccccc1)[C@H](O)CN(CC(C)C)S(=O)(=O)c1ccc(/C=N/O)cc1)n1ccn(Cc2cccc(C(C)C)n2)c1=O. The Bertz CT molecular complexity index is 1940. The first-order valence-corrected chi connectivity index (χ1v) is 19.2. The zero-order valence-corrected chi connectivity index (χ0v) is 31.6. The predicted molar refractivity (Wildman–Crippen MR) is 202 cm³/mol. The second kappa shape index (κ2) is 18.3. The molecule has 0 aliphatic rings. The molecule has 12 nitrogen and oxygen atoms in total. The van der Waals surface area contributed by atoms with E-state index in [1.807, 2.05) is 76.2 Å². The number of aromatic nitrogens is 3. The molecule has 0 saturated carbocycles. The van der Waals surface area contributed by atoms with Gasteiger partial charge in [-0.05, 0) is 59.6 Å². The van der Waals surface area contributed by atoms with E-state index in [2.05, 4.69) is 24.3 Å². The molecular weight excluding hydrogens is 681 g/mol. The van der Waals surface area contributed by atoms with Crippen molar-refractivity contribution in [3.8, 4) is 0 Å². The van der Waals surface area contributed by atoms with Gasteiger partial charge in [-0.3, -0.25) is 18.9 Å². The van der Waals surface area contributed by atoms with E-state index >= 15 is 0 Å². The van der Waals surface area contributed by atoms with Gasteiger partial charge in [0.05, 0.1) is 35.5 Å². The summed E-state index contributed by atoms with van der Waals surface area (Å²) in [5, 5.41) is 26.7. The van der Waals surface area contributed by atoms with Gasteiger partial charge in [-0.2, -0.15) is 4.31 Å². The lowest BCUT2D eigenvalue weighted by molar-refractivity contribution is -0.127. The van der Waals surface area contributed by atoms with Crippen LogP contribution in [0.15, 0.2) is 100 Å². The monoisotopic (exact) mass is 732 g/mol. The Balaban J connectivity index is 1.64. The Morgan fingerprint density at radius 1 is 0.962 bits per heavy atom. The van der Waals surface area contributed by atoms with Crippen molar-refractivity contribution in [2.75, 3.05) is 13.1 Å². The molecule has 13 heteroatoms. The highest BCUT2D eigenvalue weighted by atomic mass is 32.2. The third-order valence-corrected chi connectivity index (χ3v) is 11.0. The van der Waals surface area contributed by atoms with Crippen LogP contribution in [0.4, 0.5) is 0 Å². The molecule has 2 aromatic heterocycles. The number of benzene rings is 2. The summed E-state index contributed by atoms with van der Waals surface area (Å²) in [5.41, 5.74) is 2.66. The first kappa shape index (κ1) is 40.2. The Morgan fingerprint density at radius 3 is 2.27 bits per heavy atom. The molecule has 0 aliphatic heterocycles. The maximum absolute atomic E-state index is 14.3. The van der Waals surface area contributed by atoms with Crippen LogP contribution in [0.1, 0.15) is 82.4 Å². The maximum Gasteiger partial charge on any atom is 0.329 e. The van der Waals surface area contributed by atoms with Gasteiger partial charge < -0.3 is 15.6 Å². The molecule has 0 saturated heterocycles. The smallest absolute Gasteiger partial charge is 0.329 e. The van der Waals surface area contributed by atoms with Crippen molar-refractivity contribution in [1.29, 1.82) is 0 Å². The summed E-state index contributed by atoms with van der Waals surface area (Å²) < 4.78 is 32.0. The third kappa shape index (κ3) is 10.3. The highest BCUT2D eigenvalue weighted by Crippen LogP contribution is 2.23. The summed E-state index contributed by atoms with van der Waals surface area (Å²) in [6.45, 7) is 11.8. The average molecular weight is 733 g/mol. The van der Waals surface area contributed by atoms with Crippen LogP contribution in [0.3, 0.4) is 0 Å². The number of pyridine rings is 1. The summed E-state index contributed by atoms with van der Waals surface area (Å²) in [7, 11) is -4.07. The molecule has 4 rings (SSSR count). The Labute approximate surface area is 306 Å². The van der Waals surface area contributed by atoms with E-state index < -0.39 is 34.1 Å². The number of rotatable bonds is 18. The number of carbonyl (C=O) groups excluding carboxylic acids is 1. The van der Waals surface area contributed by atoms with Crippen LogP contribution in [0.5, 0.6) is 0 Å². The highest BCUT2D eigenvalue weighted by Gasteiger charge is 2.34. The van der Waals surface area contributed by atoms with Crippen molar-refractivity contribution in [1.82, 2.24) is 23.7 Å². The zero-order chi connectivity index (χ0) is 38.0. The fourth-order valence-corrected chi connectivity index (χ4v) is 7.72. The first-order chi connectivity index (χ1) is 24.7. The van der Waals surface area contributed by atoms with Gasteiger partial charge in [-0.1, -0.05) is 102 Å². The predicted octanol–water partition coefficient (Wildman–Crippen LogP) is 5.05. The molecule has 0 spiro atoms. The number of nitrogens with one attached hydrogen (secondary N) is 1. The number of oxime groups is 1. The number of hydrogen-bond donors (Lipinski definition) is 3. The molecule has 4 aromatic rings. The van der Waals surface area contributed by atoms with Crippen molar-refractivity contribution in [2.24, 2.45) is 17.0 Å². The van der Waals surface area contributed by atoms with Crippen LogP contribution >= 0.6 is 0 Å². The van der Waals surface area contributed by atoms with Crippen molar-refractivity contribution in [3.63, 3.8) is 0 Å². The van der Waals surface area contributed by atoms with E-state index in [0.717, 1.165) is 17.0 Å². The average Bonchev–Trinajstić information content (AvgIpc) is 3.46. The van der Waals surface area contributed by atoms with Crippen molar-refractivity contribution in [2.45, 2.75) is 89.9 Å². The number of aliphatic hydroxyl groups is 1. The van der Waals surface area contributed by atoms with Gasteiger partial charge in [0.15, 0.2) is 0 Å². The minimum atomic E-state index is -4.07. The standard InChI is InChI=1S/C39H52N6O6S/c1-7-29(6)37(45-21-20-43(39(45)48)25-32-14-11-15-34(41-32)28(4)5)38(47)42-35(22-30-12-9-8-10-13-30)36(46)26-44(24-27(2)3)52(50,51)33-18-16-31(17-19-33)23-40-49/h8-21,23,27-29,35-37,46,49H,7,22,24-26H2,1-6H3,(H,42,47)/b40-23+/t29-,35-,36+,37-/m0/s1. The van der Waals surface area contributed by atoms with Crippen molar-refractivity contribution in [3.05, 3.63) is 118 Å². The van der Waals surface area contributed by atoms with Crippen molar-refractivity contribution >= 4 is 22.1 Å². The molecule has 0 unspecified atom stereocenters. The molecule has 0 bridgehead atoms. The summed E-state index contributed by atoms with van der Waals surface area (Å²) in [5.74, 6) is -0.537. The molecular formula is C39H52N6O6S. The lowest BCUT2D eigenvalue weighted by atomic mass is 9.96. The molecule has 2 aromatic carbocycles. The van der Waals surface area contributed by atoms with E-state index in [1.165, 1.54) is 43.9 Å². The second-order valence-corrected chi connectivity index (χ2v) is 16.0. The number of hydrogen-bond acceptors (Lipinski definition) is 8. The van der Waals surface area contributed by atoms with E-state index in [0.29, 0.717) is 12.0 Å². The molecule has 2 heterocycles. The summed E-state index contributed by atoms with van der Waals surface area (Å²) in [4.78, 5) is 32.8. The van der Waals surface area contributed by atoms with Gasteiger partial charge in [0.25, 0.3) is 0 Å². The molecule has 0 aliphatic carbocycles. The van der Waals surface area contributed by atoms with Crippen LogP contribution in [0, 0.1) is 11.8 Å². The normalized spacial score (nSPS) is 14.6. The lowest BCUT2D eigenvalue weighted by Gasteiger charge is -2.32. The Kier molecular flexibility index (Phi) is 14.1. The van der Waals surface area contributed by atoms with Crippen LogP contribution in [-0.4, -0.2) is 74.5 Å². The molecule has 0 fully saturated rings. The van der Waals surface area contributed by atoms with Gasteiger partial charge in [-0.15, -0.1) is 0 Å². The number of amides is 1. The van der Waals surface area contributed by atoms with Gasteiger partial charge in [0, 0.05) is 31.2 Å². The van der Waals surface area contributed by atoms with E-state index in [4.69, 9.17) is 10.2 Å². The molecule has 4 atom stereocenters. The van der Waals surface area contributed by atoms with E-state index in [9.17, 15) is 23.1 Å². The third-order valence-electron chi connectivity index (χ3n) is 9.15. The summed E-state index contributed by atoms with van der Waals surface area (Å²) in [6.07, 6.45) is 3.98. The number of sulfonamides is 1. The minimum Gasteiger partial charge on any atom is -0.411 e. The highest BCUT2D eigenvalue weighted by molar-refractivity contribution is 7.89. The zero-order valence-electron chi connectivity index (χ0n) is 30.8. The molecule has 280 valence electrons. The number of nitrogens with zero attached hydrogens (tertiary/aromatic N) is 5. The Hall–Kier alpha value is -4.59. The Morgan fingerprint density at radius 2 is 1.65 bits per heavy atom.